The first-order valence-corrected chi connectivity index (χ1v) is 13.1. The molecule has 4 heterocycles. The van der Waals surface area contributed by atoms with Crippen LogP contribution in [0, 0.1) is 26.6 Å². The molecule has 198 valence electrons. The average molecular weight is 517 g/mol. The number of anilines is 1. The van der Waals surface area contributed by atoms with E-state index in [2.05, 4.69) is 22.1 Å². The molecule has 8 nitrogen and oxygen atoms in total. The van der Waals surface area contributed by atoms with Gasteiger partial charge in [-0.3, -0.25) is 9.59 Å². The lowest BCUT2D eigenvalue weighted by Gasteiger charge is -2.26. The van der Waals surface area contributed by atoms with Crippen molar-refractivity contribution in [1.29, 1.82) is 0 Å². The van der Waals surface area contributed by atoms with E-state index in [0.29, 0.717) is 25.3 Å². The van der Waals surface area contributed by atoms with Gasteiger partial charge in [-0.1, -0.05) is 25.5 Å². The van der Waals surface area contributed by atoms with Crippen molar-refractivity contribution in [3.8, 4) is 0 Å². The number of nitrogens with one attached hydrogen (secondary N) is 1. The second-order valence-corrected chi connectivity index (χ2v) is 10.1. The van der Waals surface area contributed by atoms with Gasteiger partial charge in [0.15, 0.2) is 5.65 Å². The Kier molecular flexibility index (Phi) is 7.01. The Labute approximate surface area is 221 Å². The second kappa shape index (κ2) is 10.4. The van der Waals surface area contributed by atoms with Gasteiger partial charge in [-0.2, -0.15) is 0 Å². The molecular weight excluding hydrogens is 483 g/mol. The number of hydrogen-bond donors (Lipinski definition) is 1. The van der Waals surface area contributed by atoms with E-state index < -0.39 is 0 Å². The van der Waals surface area contributed by atoms with Crippen molar-refractivity contribution in [3.05, 3.63) is 92.9 Å². The van der Waals surface area contributed by atoms with Crippen molar-refractivity contribution >= 4 is 17.4 Å². The molecule has 5 rings (SSSR count). The van der Waals surface area contributed by atoms with Crippen molar-refractivity contribution in [2.24, 2.45) is 0 Å². The fourth-order valence-electron chi connectivity index (χ4n) is 5.26. The molecule has 1 saturated heterocycles. The van der Waals surface area contributed by atoms with Crippen LogP contribution in [0.3, 0.4) is 0 Å². The van der Waals surface area contributed by atoms with Crippen molar-refractivity contribution in [3.63, 3.8) is 0 Å². The number of unbranched alkanes of at least 4 members (excludes halogenated alkanes) is 1. The fourth-order valence-corrected chi connectivity index (χ4v) is 5.26. The van der Waals surface area contributed by atoms with Gasteiger partial charge in [0.25, 0.3) is 11.5 Å². The predicted molar refractivity (Wildman–Crippen MR) is 145 cm³/mol. The van der Waals surface area contributed by atoms with Gasteiger partial charge in [-0.25, -0.2) is 13.9 Å². The third-order valence-corrected chi connectivity index (χ3v) is 7.47. The van der Waals surface area contributed by atoms with E-state index in [1.165, 1.54) is 12.1 Å². The Bertz CT molecular complexity index is 1560. The molecule has 9 heteroatoms. The smallest absolute Gasteiger partial charge is 0.263 e. The highest BCUT2D eigenvalue weighted by Gasteiger charge is 2.36. The van der Waals surface area contributed by atoms with Gasteiger partial charge in [0.05, 0.1) is 17.9 Å². The minimum atomic E-state index is -0.387. The zero-order chi connectivity index (χ0) is 27.0. The van der Waals surface area contributed by atoms with Gasteiger partial charge in [0, 0.05) is 24.8 Å². The second-order valence-electron chi connectivity index (χ2n) is 10.1. The Hall–Kier alpha value is -4.01. The number of nitrogens with zero attached hydrogens (tertiary/aromatic N) is 5. The first-order chi connectivity index (χ1) is 18.3. The number of halogens is 1. The Morgan fingerprint density at radius 2 is 1.97 bits per heavy atom. The predicted octanol–water partition coefficient (Wildman–Crippen LogP) is 4.51. The summed E-state index contributed by atoms with van der Waals surface area (Å²) in [6.45, 7) is 8.90. The van der Waals surface area contributed by atoms with E-state index in [0.717, 1.165) is 41.0 Å². The lowest BCUT2D eigenvalue weighted by atomic mass is 10.0. The highest BCUT2D eigenvalue weighted by molar-refractivity contribution is 5.94. The van der Waals surface area contributed by atoms with Crippen LogP contribution in [0.1, 0.15) is 65.1 Å². The van der Waals surface area contributed by atoms with Crippen LogP contribution in [0.4, 0.5) is 10.2 Å². The molecule has 1 fully saturated rings. The molecule has 1 aliphatic rings. The maximum Gasteiger partial charge on any atom is 0.263 e. The van der Waals surface area contributed by atoms with Crippen LogP contribution in [-0.2, 0) is 6.54 Å². The largest absolute Gasteiger partial charge is 0.347 e. The van der Waals surface area contributed by atoms with Crippen LogP contribution in [0.5, 0.6) is 0 Å². The number of pyridine rings is 1. The van der Waals surface area contributed by atoms with Crippen LogP contribution < -0.4 is 15.8 Å². The average Bonchev–Trinajstić information content (AvgIpc) is 3.49. The molecule has 1 N–H and O–H groups in total. The van der Waals surface area contributed by atoms with Gasteiger partial charge in [0.2, 0.25) is 0 Å². The van der Waals surface area contributed by atoms with E-state index >= 15 is 0 Å². The summed E-state index contributed by atoms with van der Waals surface area (Å²) >= 11 is 0. The van der Waals surface area contributed by atoms with Gasteiger partial charge < -0.3 is 14.8 Å². The highest BCUT2D eigenvalue weighted by atomic mass is 19.1. The molecule has 4 aromatic rings. The third-order valence-electron chi connectivity index (χ3n) is 7.47. The summed E-state index contributed by atoms with van der Waals surface area (Å²) in [4.78, 5) is 33.1. The number of hydrogen-bond acceptors (Lipinski definition) is 5. The number of aryl methyl sites for hydroxylation is 2. The molecule has 0 saturated carbocycles. The number of aromatic nitrogens is 4. The van der Waals surface area contributed by atoms with Crippen molar-refractivity contribution in [2.45, 2.75) is 65.6 Å². The molecule has 1 unspecified atom stereocenters. The summed E-state index contributed by atoms with van der Waals surface area (Å²) in [6, 6.07) is 11.5. The molecule has 0 spiro atoms. The van der Waals surface area contributed by atoms with Crippen LogP contribution in [-0.4, -0.2) is 37.7 Å². The Morgan fingerprint density at radius 1 is 1.16 bits per heavy atom. The maximum absolute atomic E-state index is 14.2. The van der Waals surface area contributed by atoms with Crippen LogP contribution in [0.15, 0.2) is 53.5 Å². The quantitative estimate of drug-likeness (QED) is 0.391. The van der Waals surface area contributed by atoms with E-state index in [-0.39, 0.29) is 34.9 Å². The highest BCUT2D eigenvalue weighted by Crippen LogP contribution is 2.36. The van der Waals surface area contributed by atoms with Gasteiger partial charge in [-0.15, -0.1) is 5.10 Å². The SMILES string of the molecule is CCCCn1c(C)c(C)cc(C(=O)NC2C[C@H](c3cccc(F)c3)N(c3ccc4ncc(C)n4n3)C2)c1=O. The minimum absolute atomic E-state index is 0.151. The van der Waals surface area contributed by atoms with Gasteiger partial charge >= 0.3 is 0 Å². The summed E-state index contributed by atoms with van der Waals surface area (Å²) in [5, 5.41) is 7.87. The van der Waals surface area contributed by atoms with Gasteiger partial charge in [0.1, 0.15) is 17.2 Å². The molecule has 1 aromatic carbocycles. The molecule has 0 radical (unpaired) electrons. The number of imidazole rings is 1. The lowest BCUT2D eigenvalue weighted by molar-refractivity contribution is 0.0937. The van der Waals surface area contributed by atoms with Crippen molar-refractivity contribution in [2.75, 3.05) is 11.4 Å². The number of carbonyl (C=O) groups excluding carboxylic acids is 1. The molecule has 2 atom stereocenters. The number of carbonyl (C=O) groups is 1. The molecule has 0 aliphatic carbocycles. The number of benzene rings is 1. The maximum atomic E-state index is 14.2. The summed E-state index contributed by atoms with van der Waals surface area (Å²) < 4.78 is 17.7. The molecule has 1 amide bonds. The standard InChI is InChI=1S/C29H33FN6O2/c1-5-6-12-34-20(4)18(2)13-24(29(34)38)28(37)32-23-15-25(21-8-7-9-22(30)14-21)35(17-23)27-11-10-26-31-16-19(3)36(26)33-27/h7-11,13-14,16,23,25H,5-6,12,15,17H2,1-4H3,(H,32,37)/t23?,25-/m1/s1. The first kappa shape index (κ1) is 25.6. The monoisotopic (exact) mass is 516 g/mol. The summed E-state index contributed by atoms with van der Waals surface area (Å²) in [5.74, 6) is 0.00586. The molecule has 0 bridgehead atoms. The van der Waals surface area contributed by atoms with Crippen LogP contribution in [0.2, 0.25) is 0 Å². The number of amides is 1. The Morgan fingerprint density at radius 3 is 2.74 bits per heavy atom. The van der Waals surface area contributed by atoms with Crippen molar-refractivity contribution in [1.82, 2.24) is 24.5 Å². The number of rotatable bonds is 7. The molecule has 38 heavy (non-hydrogen) atoms. The topological polar surface area (TPSA) is 84.5 Å². The number of fused-ring (bicyclic) bond motifs is 1. The van der Waals surface area contributed by atoms with E-state index in [9.17, 15) is 14.0 Å². The van der Waals surface area contributed by atoms with E-state index in [1.54, 1.807) is 27.4 Å². The summed E-state index contributed by atoms with van der Waals surface area (Å²) in [6.07, 6.45) is 4.14. The normalized spacial score (nSPS) is 17.3. The molecule has 1 aliphatic heterocycles. The zero-order valence-corrected chi connectivity index (χ0v) is 22.2. The summed E-state index contributed by atoms with van der Waals surface area (Å²) in [7, 11) is 0. The van der Waals surface area contributed by atoms with E-state index in [4.69, 9.17) is 5.10 Å². The Balaban J connectivity index is 1.46. The molecular formula is C29H33FN6O2. The van der Waals surface area contributed by atoms with Crippen molar-refractivity contribution < 1.29 is 9.18 Å². The fraction of sp³-hybridized carbons (Fsp3) is 0.379. The van der Waals surface area contributed by atoms with Crippen LogP contribution >= 0.6 is 0 Å². The van der Waals surface area contributed by atoms with Gasteiger partial charge in [-0.05, 0) is 75.1 Å². The third kappa shape index (κ3) is 4.80. The zero-order valence-electron chi connectivity index (χ0n) is 22.2. The van der Waals surface area contributed by atoms with Crippen LogP contribution in [0.25, 0.3) is 5.65 Å². The lowest BCUT2D eigenvalue weighted by Crippen LogP contribution is -2.41. The minimum Gasteiger partial charge on any atom is -0.347 e. The first-order valence-electron chi connectivity index (χ1n) is 13.1. The van der Waals surface area contributed by atoms with E-state index in [1.807, 2.05) is 39.0 Å². The summed E-state index contributed by atoms with van der Waals surface area (Å²) in [5.41, 5.74) is 4.13. The molecule has 3 aromatic heterocycles.